The van der Waals surface area contributed by atoms with Gasteiger partial charge in [0.1, 0.15) is 17.5 Å². The molecule has 0 amide bonds. The molecule has 2 aliphatic rings. The number of aliphatic hydroxyl groups is 1. The van der Waals surface area contributed by atoms with E-state index in [0.717, 1.165) is 33.6 Å². The fraction of sp³-hybridized carbons (Fsp3) is 0.385. The van der Waals surface area contributed by atoms with Gasteiger partial charge in [-0.1, -0.05) is 104 Å². The minimum Gasteiger partial charge on any atom is -0.494 e. The van der Waals surface area contributed by atoms with Crippen LogP contribution in [0.5, 0.6) is 5.75 Å². The van der Waals surface area contributed by atoms with E-state index in [4.69, 9.17) is 35.3 Å². The van der Waals surface area contributed by atoms with Crippen LogP contribution in [0.2, 0.25) is 5.02 Å². The summed E-state index contributed by atoms with van der Waals surface area (Å²) in [6.45, 7) is 7.56. The van der Waals surface area contributed by atoms with Crippen LogP contribution in [0.1, 0.15) is 55.0 Å². The topological polar surface area (TPSA) is 66.4 Å². The number of hydrogen-bond donors (Lipinski definition) is 1. The summed E-state index contributed by atoms with van der Waals surface area (Å²) in [4.78, 5) is 0. The second kappa shape index (κ2) is 14.3. The Hall–Kier alpha value is -3.23. The number of hydrogen-bond acceptors (Lipinski definition) is 6. The van der Waals surface area contributed by atoms with Gasteiger partial charge in [-0.25, -0.2) is 0 Å². The van der Waals surface area contributed by atoms with Crippen molar-refractivity contribution in [1.29, 1.82) is 0 Å². The van der Waals surface area contributed by atoms with Crippen LogP contribution in [-0.4, -0.2) is 42.2 Å². The van der Waals surface area contributed by atoms with Crippen LogP contribution in [0.3, 0.4) is 0 Å². The Labute approximate surface area is 277 Å². The number of benzene rings is 4. The smallest absolute Gasteiger partial charge is 0.225 e. The summed E-state index contributed by atoms with van der Waals surface area (Å²) in [7, 11) is 0. The Balaban J connectivity index is 1.40. The van der Waals surface area contributed by atoms with Crippen LogP contribution in [0.25, 0.3) is 0 Å². The summed E-state index contributed by atoms with van der Waals surface area (Å²) >= 11 is 6.81. The van der Waals surface area contributed by atoms with Crippen molar-refractivity contribution in [3.05, 3.63) is 136 Å². The van der Waals surface area contributed by atoms with Gasteiger partial charge in [0, 0.05) is 16.5 Å². The fourth-order valence-corrected chi connectivity index (χ4v) is 6.97. The van der Waals surface area contributed by atoms with E-state index in [1.807, 2.05) is 98.8 Å². The fourth-order valence-electron chi connectivity index (χ4n) is 6.78. The Bertz CT molecular complexity index is 1560. The van der Waals surface area contributed by atoms with Crippen LogP contribution in [0.15, 0.2) is 103 Å². The van der Waals surface area contributed by atoms with Crippen molar-refractivity contribution in [2.75, 3.05) is 13.2 Å². The molecule has 0 spiro atoms. The summed E-state index contributed by atoms with van der Waals surface area (Å²) in [5.41, 5.74) is 3.91. The van der Waals surface area contributed by atoms with E-state index in [1.54, 1.807) is 0 Å². The van der Waals surface area contributed by atoms with E-state index in [0.29, 0.717) is 37.7 Å². The minimum absolute atomic E-state index is 0.205. The molecule has 2 bridgehead atoms. The lowest BCUT2D eigenvalue weighted by Crippen LogP contribution is -2.65. The second-order valence-electron chi connectivity index (χ2n) is 12.3. The van der Waals surface area contributed by atoms with Gasteiger partial charge < -0.3 is 28.8 Å². The summed E-state index contributed by atoms with van der Waals surface area (Å²) in [6, 6.07) is 34.1. The first kappa shape index (κ1) is 32.7. The van der Waals surface area contributed by atoms with Crippen molar-refractivity contribution in [3.63, 3.8) is 0 Å². The molecular formula is C39H43ClO6. The molecule has 242 valence electrons. The van der Waals surface area contributed by atoms with Crippen molar-refractivity contribution in [2.45, 2.75) is 76.5 Å². The molecule has 6 rings (SSSR count). The maximum Gasteiger partial charge on any atom is 0.225 e. The van der Waals surface area contributed by atoms with E-state index < -0.39 is 29.7 Å². The van der Waals surface area contributed by atoms with Crippen molar-refractivity contribution >= 4 is 11.6 Å². The van der Waals surface area contributed by atoms with Crippen molar-refractivity contribution in [1.82, 2.24) is 0 Å². The molecular weight excluding hydrogens is 600 g/mol. The van der Waals surface area contributed by atoms with Crippen LogP contribution >= 0.6 is 11.6 Å². The van der Waals surface area contributed by atoms with Gasteiger partial charge >= 0.3 is 0 Å². The highest BCUT2D eigenvalue weighted by atomic mass is 35.5. The van der Waals surface area contributed by atoms with Gasteiger partial charge in [0.15, 0.2) is 0 Å². The molecule has 2 aliphatic heterocycles. The van der Waals surface area contributed by atoms with Gasteiger partial charge in [-0.3, -0.25) is 0 Å². The van der Waals surface area contributed by atoms with Gasteiger partial charge in [-0.15, -0.1) is 0 Å². The van der Waals surface area contributed by atoms with Gasteiger partial charge in [-0.05, 0) is 66.3 Å². The maximum absolute atomic E-state index is 11.5. The highest BCUT2D eigenvalue weighted by molar-refractivity contribution is 6.31. The third-order valence-electron chi connectivity index (χ3n) is 9.38. The van der Waals surface area contributed by atoms with Crippen LogP contribution in [-0.2, 0) is 44.4 Å². The van der Waals surface area contributed by atoms with E-state index in [2.05, 4.69) is 25.1 Å². The first-order chi connectivity index (χ1) is 22.4. The van der Waals surface area contributed by atoms with Crippen molar-refractivity contribution < 1.29 is 28.8 Å². The molecule has 2 saturated heterocycles. The van der Waals surface area contributed by atoms with E-state index in [1.165, 1.54) is 0 Å². The number of fused-ring (bicyclic) bond motifs is 2. The number of aliphatic hydroxyl groups excluding tert-OH is 1. The van der Waals surface area contributed by atoms with Crippen molar-refractivity contribution in [2.24, 2.45) is 5.92 Å². The summed E-state index contributed by atoms with van der Waals surface area (Å²) in [5.74, 6) is -0.741. The highest BCUT2D eigenvalue weighted by Crippen LogP contribution is 2.56. The highest BCUT2D eigenvalue weighted by Gasteiger charge is 2.69. The van der Waals surface area contributed by atoms with Gasteiger partial charge in [-0.2, -0.15) is 0 Å². The third kappa shape index (κ3) is 6.48. The second-order valence-corrected chi connectivity index (χ2v) is 12.7. The summed E-state index contributed by atoms with van der Waals surface area (Å²) in [5, 5.41) is 12.2. The minimum atomic E-state index is -1.34. The molecule has 0 radical (unpaired) electrons. The average Bonchev–Trinajstić information content (AvgIpc) is 3.47. The first-order valence-electron chi connectivity index (χ1n) is 16.2. The predicted octanol–water partition coefficient (Wildman–Crippen LogP) is 7.86. The number of halogens is 1. The first-order valence-corrected chi connectivity index (χ1v) is 16.6. The van der Waals surface area contributed by atoms with Crippen LogP contribution in [0.4, 0.5) is 0 Å². The lowest BCUT2D eigenvalue weighted by atomic mass is 9.74. The molecule has 6 atom stereocenters. The summed E-state index contributed by atoms with van der Waals surface area (Å²) < 4.78 is 33.0. The summed E-state index contributed by atoms with van der Waals surface area (Å²) in [6.07, 6.45) is -0.748. The zero-order valence-corrected chi connectivity index (χ0v) is 27.5. The molecule has 6 nitrogen and oxygen atoms in total. The van der Waals surface area contributed by atoms with Gasteiger partial charge in [0.25, 0.3) is 0 Å². The molecule has 2 fully saturated rings. The largest absolute Gasteiger partial charge is 0.494 e. The maximum atomic E-state index is 11.5. The predicted molar refractivity (Wildman–Crippen MR) is 179 cm³/mol. The van der Waals surface area contributed by atoms with Crippen molar-refractivity contribution in [3.8, 4) is 5.75 Å². The molecule has 0 saturated carbocycles. The Morgan fingerprint density at radius 3 is 2.13 bits per heavy atom. The lowest BCUT2D eigenvalue weighted by Gasteiger charge is -2.52. The standard InChI is InChI=1S/C39H43ClO6/c1-4-35(41)38-26-45-39(46-38,32-18-21-34(40)31(23-32)22-28-16-19-33(20-17-28)42-5-2)37(44-25-30-14-10-7-11-15-30)36(27(38)3)43-24-29-12-8-6-9-13-29/h6-21,23,27,35-37,41H,4-5,22,24-26H2,1-3H3/t27-,35?,36-,37+,38-,39-/m0/s1. The van der Waals surface area contributed by atoms with E-state index in [-0.39, 0.29) is 12.5 Å². The monoisotopic (exact) mass is 642 g/mol. The molecule has 1 unspecified atom stereocenters. The molecule has 1 N–H and O–H groups in total. The third-order valence-corrected chi connectivity index (χ3v) is 9.74. The van der Waals surface area contributed by atoms with Gasteiger partial charge in [0.05, 0.1) is 38.6 Å². The van der Waals surface area contributed by atoms with Crippen LogP contribution in [0, 0.1) is 5.92 Å². The molecule has 4 aromatic rings. The Morgan fingerprint density at radius 2 is 1.50 bits per heavy atom. The normalized spacial score (nSPS) is 26.2. The van der Waals surface area contributed by atoms with Crippen LogP contribution < -0.4 is 4.74 Å². The molecule has 2 heterocycles. The van der Waals surface area contributed by atoms with E-state index in [9.17, 15) is 5.11 Å². The average molecular weight is 643 g/mol. The van der Waals surface area contributed by atoms with Gasteiger partial charge in [0.2, 0.25) is 5.79 Å². The SMILES string of the molecule is CCOc1ccc(Cc2cc([C@]34OC[C@](C(O)CC)(O3)[C@@H](C)[C@H](OCc3ccccc3)[C@H]4OCc3ccccc3)ccc2Cl)cc1. The molecule has 0 aliphatic carbocycles. The zero-order chi connectivity index (χ0) is 32.1. The lowest BCUT2D eigenvalue weighted by molar-refractivity contribution is -0.344. The zero-order valence-electron chi connectivity index (χ0n) is 26.7. The Morgan fingerprint density at radius 1 is 0.848 bits per heavy atom. The molecule has 4 aromatic carbocycles. The molecule has 46 heavy (non-hydrogen) atoms. The Kier molecular flexibility index (Phi) is 10.1. The number of rotatable bonds is 13. The molecule has 7 heteroatoms. The quantitative estimate of drug-likeness (QED) is 0.160. The molecule has 0 aromatic heterocycles. The number of ether oxygens (including phenoxy) is 5. The van der Waals surface area contributed by atoms with E-state index >= 15 is 0 Å².